The van der Waals surface area contributed by atoms with Gasteiger partial charge in [-0.2, -0.15) is 0 Å². The number of nitrogens with zero attached hydrogens (tertiary/aromatic N) is 4. The second-order valence-corrected chi connectivity index (χ2v) is 7.67. The number of hydrogen-bond acceptors (Lipinski definition) is 6. The van der Waals surface area contributed by atoms with E-state index in [1.54, 1.807) is 0 Å². The molecule has 1 aromatic rings. The van der Waals surface area contributed by atoms with Gasteiger partial charge >= 0.3 is 0 Å². The van der Waals surface area contributed by atoms with Crippen LogP contribution >= 0.6 is 0 Å². The molecule has 2 saturated heterocycles. The molecule has 0 saturated carbocycles. The van der Waals surface area contributed by atoms with Gasteiger partial charge in [0, 0.05) is 43.9 Å². The molecule has 7 heteroatoms. The van der Waals surface area contributed by atoms with Crippen LogP contribution in [0.15, 0.2) is 6.07 Å². The number of hydrogen-bond donors (Lipinski definition) is 1. The minimum absolute atomic E-state index is 0.0753. The lowest BCUT2D eigenvalue weighted by atomic mass is 9.92. The van der Waals surface area contributed by atoms with Crippen molar-refractivity contribution in [3.05, 3.63) is 17.6 Å². The zero-order valence-electron chi connectivity index (χ0n) is 16.1. The zero-order valence-corrected chi connectivity index (χ0v) is 16.1. The van der Waals surface area contributed by atoms with Gasteiger partial charge in [-0.25, -0.2) is 9.97 Å². The molecule has 1 aromatic heterocycles. The highest BCUT2D eigenvalue weighted by molar-refractivity contribution is 5.82. The Bertz CT molecular complexity index is 622. The highest BCUT2D eigenvalue weighted by atomic mass is 16.5. The first-order chi connectivity index (χ1) is 12.5. The van der Waals surface area contributed by atoms with Gasteiger partial charge in [0.25, 0.3) is 0 Å². The molecule has 3 rings (SSSR count). The third kappa shape index (κ3) is 4.32. The summed E-state index contributed by atoms with van der Waals surface area (Å²) in [5, 5.41) is 0. The van der Waals surface area contributed by atoms with Gasteiger partial charge in [-0.15, -0.1) is 0 Å². The van der Waals surface area contributed by atoms with Gasteiger partial charge in [0.15, 0.2) is 0 Å². The minimum Gasteiger partial charge on any atom is -0.378 e. The Morgan fingerprint density at radius 2 is 1.85 bits per heavy atom. The van der Waals surface area contributed by atoms with E-state index < -0.39 is 6.04 Å². The molecule has 1 atom stereocenters. The fraction of sp³-hybridized carbons (Fsp3) is 0.737. The Morgan fingerprint density at radius 3 is 2.46 bits per heavy atom. The Morgan fingerprint density at radius 1 is 1.19 bits per heavy atom. The van der Waals surface area contributed by atoms with Crippen molar-refractivity contribution in [2.75, 3.05) is 44.3 Å². The number of rotatable bonds is 4. The number of anilines is 1. The third-order valence-electron chi connectivity index (χ3n) is 5.41. The van der Waals surface area contributed by atoms with E-state index in [9.17, 15) is 4.79 Å². The Balaban J connectivity index is 1.65. The fourth-order valence-corrected chi connectivity index (χ4v) is 3.63. The first kappa shape index (κ1) is 19.0. The second kappa shape index (κ2) is 8.31. The molecule has 0 bridgehead atoms. The van der Waals surface area contributed by atoms with E-state index in [1.807, 2.05) is 25.7 Å². The molecule has 1 amide bonds. The number of carbonyl (C=O) groups is 1. The van der Waals surface area contributed by atoms with E-state index in [1.165, 1.54) is 0 Å². The standard InChI is InChI=1S/C19H31N5O2/c1-13(2)18(20)19(25)24-6-4-15(5-7-24)16-12-17(22-14(3)21-16)23-8-10-26-11-9-23/h12-13,15,18H,4-11,20H2,1-3H3. The van der Waals surface area contributed by atoms with E-state index in [0.29, 0.717) is 5.92 Å². The largest absolute Gasteiger partial charge is 0.378 e. The van der Waals surface area contributed by atoms with Crippen LogP contribution in [0.3, 0.4) is 0 Å². The maximum absolute atomic E-state index is 12.5. The molecule has 2 fully saturated rings. The molecule has 7 nitrogen and oxygen atoms in total. The van der Waals surface area contributed by atoms with Gasteiger partial charge in [-0.1, -0.05) is 13.8 Å². The van der Waals surface area contributed by atoms with Crippen molar-refractivity contribution in [3.8, 4) is 0 Å². The van der Waals surface area contributed by atoms with Gasteiger partial charge in [0.1, 0.15) is 11.6 Å². The number of amides is 1. The summed E-state index contributed by atoms with van der Waals surface area (Å²) >= 11 is 0. The molecule has 0 aromatic carbocycles. The van der Waals surface area contributed by atoms with Crippen LogP contribution in [0.1, 0.15) is 44.1 Å². The van der Waals surface area contributed by atoms with Crippen LogP contribution in [-0.4, -0.2) is 66.2 Å². The molecule has 2 aliphatic rings. The van der Waals surface area contributed by atoms with Crippen molar-refractivity contribution in [1.29, 1.82) is 0 Å². The van der Waals surface area contributed by atoms with Crippen molar-refractivity contribution in [2.45, 2.75) is 45.6 Å². The molecule has 0 radical (unpaired) electrons. The van der Waals surface area contributed by atoms with Crippen molar-refractivity contribution < 1.29 is 9.53 Å². The lowest BCUT2D eigenvalue weighted by Gasteiger charge is -2.34. The van der Waals surface area contributed by atoms with Gasteiger partial charge in [-0.05, 0) is 25.7 Å². The number of piperidine rings is 1. The van der Waals surface area contributed by atoms with Gasteiger partial charge < -0.3 is 20.3 Å². The fourth-order valence-electron chi connectivity index (χ4n) is 3.63. The van der Waals surface area contributed by atoms with Crippen molar-refractivity contribution >= 4 is 11.7 Å². The number of aryl methyl sites for hydroxylation is 1. The summed E-state index contributed by atoms with van der Waals surface area (Å²) in [6.45, 7) is 10.7. The van der Waals surface area contributed by atoms with E-state index in [0.717, 1.165) is 69.6 Å². The highest BCUT2D eigenvalue weighted by Gasteiger charge is 2.29. The number of ether oxygens (including phenoxy) is 1. The Kier molecular flexibility index (Phi) is 6.09. The predicted octanol–water partition coefficient (Wildman–Crippen LogP) is 1.31. The average molecular weight is 361 g/mol. The van der Waals surface area contributed by atoms with Gasteiger partial charge in [-0.3, -0.25) is 4.79 Å². The van der Waals surface area contributed by atoms with Crippen LogP contribution < -0.4 is 10.6 Å². The molecule has 1 unspecified atom stereocenters. The third-order valence-corrected chi connectivity index (χ3v) is 5.41. The summed E-state index contributed by atoms with van der Waals surface area (Å²) in [5.74, 6) is 2.42. The number of nitrogens with two attached hydrogens (primary N) is 1. The van der Waals surface area contributed by atoms with Crippen LogP contribution in [0, 0.1) is 12.8 Å². The molecular formula is C19H31N5O2. The Hall–Kier alpha value is -1.73. The number of morpholine rings is 1. The molecule has 3 heterocycles. The number of carbonyl (C=O) groups excluding carboxylic acids is 1. The maximum atomic E-state index is 12.5. The van der Waals surface area contributed by atoms with Crippen molar-refractivity contribution in [3.63, 3.8) is 0 Å². The summed E-state index contributed by atoms with van der Waals surface area (Å²) in [7, 11) is 0. The monoisotopic (exact) mass is 361 g/mol. The molecule has 26 heavy (non-hydrogen) atoms. The summed E-state index contributed by atoms with van der Waals surface area (Å²) in [6, 6.07) is 1.72. The number of likely N-dealkylation sites (tertiary alicyclic amines) is 1. The zero-order chi connectivity index (χ0) is 18.7. The molecular weight excluding hydrogens is 330 g/mol. The smallest absolute Gasteiger partial charge is 0.239 e. The van der Waals surface area contributed by atoms with E-state index >= 15 is 0 Å². The molecule has 0 spiro atoms. The van der Waals surface area contributed by atoms with E-state index in [4.69, 9.17) is 10.5 Å². The highest BCUT2D eigenvalue weighted by Crippen LogP contribution is 2.29. The first-order valence-electron chi connectivity index (χ1n) is 9.68. The minimum atomic E-state index is -0.402. The lowest BCUT2D eigenvalue weighted by molar-refractivity contribution is -0.134. The van der Waals surface area contributed by atoms with Gasteiger partial charge in [0.2, 0.25) is 5.91 Å². The SMILES string of the molecule is Cc1nc(C2CCN(C(=O)C(N)C(C)C)CC2)cc(N2CCOCC2)n1. The molecule has 144 valence electrons. The Labute approximate surface area is 155 Å². The number of aromatic nitrogens is 2. The van der Waals surface area contributed by atoms with Crippen LogP contribution in [-0.2, 0) is 9.53 Å². The van der Waals surface area contributed by atoms with E-state index in [-0.39, 0.29) is 11.8 Å². The summed E-state index contributed by atoms with van der Waals surface area (Å²) in [4.78, 5) is 25.9. The summed E-state index contributed by atoms with van der Waals surface area (Å²) < 4.78 is 5.44. The van der Waals surface area contributed by atoms with Crippen LogP contribution in [0.25, 0.3) is 0 Å². The summed E-state index contributed by atoms with van der Waals surface area (Å²) in [6.07, 6.45) is 1.85. The topological polar surface area (TPSA) is 84.6 Å². The van der Waals surface area contributed by atoms with E-state index in [2.05, 4.69) is 20.9 Å². The molecule has 2 aliphatic heterocycles. The van der Waals surface area contributed by atoms with Crippen LogP contribution in [0.5, 0.6) is 0 Å². The average Bonchev–Trinajstić information content (AvgIpc) is 2.67. The lowest BCUT2D eigenvalue weighted by Crippen LogP contribution is -2.49. The first-order valence-corrected chi connectivity index (χ1v) is 9.68. The van der Waals surface area contributed by atoms with Crippen LogP contribution in [0.4, 0.5) is 5.82 Å². The van der Waals surface area contributed by atoms with Gasteiger partial charge in [0.05, 0.1) is 19.3 Å². The maximum Gasteiger partial charge on any atom is 0.239 e. The van der Waals surface area contributed by atoms with Crippen molar-refractivity contribution in [1.82, 2.24) is 14.9 Å². The molecule has 0 aliphatic carbocycles. The second-order valence-electron chi connectivity index (χ2n) is 7.67. The predicted molar refractivity (Wildman–Crippen MR) is 101 cm³/mol. The quantitative estimate of drug-likeness (QED) is 0.870. The summed E-state index contributed by atoms with van der Waals surface area (Å²) in [5.41, 5.74) is 7.13. The normalized spacial score (nSPS) is 20.5. The van der Waals surface area contributed by atoms with Crippen molar-refractivity contribution in [2.24, 2.45) is 11.7 Å². The molecule has 2 N–H and O–H groups in total. The van der Waals surface area contributed by atoms with Crippen LogP contribution in [0.2, 0.25) is 0 Å².